The van der Waals surface area contributed by atoms with Gasteiger partial charge in [-0.2, -0.15) is 0 Å². The number of amides is 1. The fourth-order valence-corrected chi connectivity index (χ4v) is 3.52. The summed E-state index contributed by atoms with van der Waals surface area (Å²) in [5.74, 6) is 0.699. The largest absolute Gasteiger partial charge is 0.487 e. The highest BCUT2D eigenvalue weighted by Crippen LogP contribution is 2.27. The lowest BCUT2D eigenvalue weighted by atomic mass is 10.2. The zero-order valence-corrected chi connectivity index (χ0v) is 16.2. The van der Waals surface area contributed by atoms with Gasteiger partial charge in [0.1, 0.15) is 12.4 Å². The molecular weight excluding hydrogens is 371 g/mol. The van der Waals surface area contributed by atoms with Crippen molar-refractivity contribution in [2.75, 3.05) is 13.1 Å². The maximum Gasteiger partial charge on any atom is 0.217 e. The smallest absolute Gasteiger partial charge is 0.217 e. The predicted octanol–water partition coefficient (Wildman–Crippen LogP) is 4.28. The van der Waals surface area contributed by atoms with Crippen molar-refractivity contribution in [2.24, 2.45) is 0 Å². The molecule has 1 aliphatic rings. The highest BCUT2D eigenvalue weighted by atomic mass is 35.5. The zero-order chi connectivity index (χ0) is 18.5. The van der Waals surface area contributed by atoms with Crippen LogP contribution in [0.3, 0.4) is 0 Å². The first kappa shape index (κ1) is 19.0. The Balaban J connectivity index is 1.54. The fourth-order valence-electron chi connectivity index (χ4n) is 3.14. The van der Waals surface area contributed by atoms with Crippen molar-refractivity contribution in [3.05, 3.63) is 63.6 Å². The van der Waals surface area contributed by atoms with Crippen molar-refractivity contribution >= 4 is 29.1 Å². The van der Waals surface area contributed by atoms with E-state index in [1.807, 2.05) is 42.5 Å². The lowest BCUT2D eigenvalue weighted by Crippen LogP contribution is -2.35. The number of carbonyl (C=O) groups excluding carboxylic acids is 1. The number of benzene rings is 2. The first-order valence-corrected chi connectivity index (χ1v) is 9.40. The molecule has 1 fully saturated rings. The third kappa shape index (κ3) is 5.37. The number of hydrogen-bond donors (Lipinski definition) is 1. The van der Waals surface area contributed by atoms with Gasteiger partial charge >= 0.3 is 0 Å². The molecule has 0 bridgehead atoms. The Kier molecular flexibility index (Phi) is 6.41. The van der Waals surface area contributed by atoms with E-state index in [2.05, 4.69) is 10.2 Å². The number of hydrogen-bond acceptors (Lipinski definition) is 3. The molecule has 1 heterocycles. The molecule has 2 aromatic rings. The Morgan fingerprint density at radius 2 is 1.92 bits per heavy atom. The number of carbonyl (C=O) groups is 1. The fraction of sp³-hybridized carbons (Fsp3) is 0.350. The lowest BCUT2D eigenvalue weighted by molar-refractivity contribution is -0.119. The minimum atomic E-state index is 0.0297. The molecule has 0 spiro atoms. The second kappa shape index (κ2) is 8.76. The molecule has 1 saturated heterocycles. The average molecular weight is 393 g/mol. The van der Waals surface area contributed by atoms with Crippen molar-refractivity contribution in [1.29, 1.82) is 0 Å². The Labute approximate surface area is 164 Å². The van der Waals surface area contributed by atoms with Gasteiger partial charge < -0.3 is 10.1 Å². The van der Waals surface area contributed by atoms with Crippen LogP contribution in [0.5, 0.6) is 5.75 Å². The van der Waals surface area contributed by atoms with Crippen LogP contribution in [0.4, 0.5) is 0 Å². The molecule has 138 valence electrons. The normalized spacial score (nSPS) is 17.3. The van der Waals surface area contributed by atoms with Crippen LogP contribution < -0.4 is 10.1 Å². The molecule has 1 atom stereocenters. The summed E-state index contributed by atoms with van der Waals surface area (Å²) >= 11 is 12.3. The number of halogens is 2. The summed E-state index contributed by atoms with van der Waals surface area (Å²) in [5.41, 5.74) is 2.17. The van der Waals surface area contributed by atoms with Gasteiger partial charge in [0, 0.05) is 37.6 Å². The molecule has 3 rings (SSSR count). The molecule has 26 heavy (non-hydrogen) atoms. The van der Waals surface area contributed by atoms with Gasteiger partial charge in [0.2, 0.25) is 5.91 Å². The van der Waals surface area contributed by atoms with Crippen LogP contribution in [0.2, 0.25) is 10.0 Å². The van der Waals surface area contributed by atoms with Gasteiger partial charge in [-0.05, 0) is 41.8 Å². The molecule has 1 N–H and O–H groups in total. The van der Waals surface area contributed by atoms with Crippen LogP contribution in [0.1, 0.15) is 24.5 Å². The summed E-state index contributed by atoms with van der Waals surface area (Å²) in [4.78, 5) is 13.5. The standard InChI is InChI=1S/C20H22Cl2N2O2/c1-14(25)23-18-8-9-24(12-18)11-16-4-7-20(19(22)10-16)26-13-15-2-5-17(21)6-3-15/h2-7,10,18H,8-9,11-13H2,1H3,(H,23,25). The van der Waals surface area contributed by atoms with Crippen LogP contribution in [-0.2, 0) is 17.9 Å². The molecule has 1 amide bonds. The Hall–Kier alpha value is -1.75. The molecule has 2 aromatic carbocycles. The summed E-state index contributed by atoms with van der Waals surface area (Å²) in [5, 5.41) is 4.29. The maximum absolute atomic E-state index is 11.2. The lowest BCUT2D eigenvalue weighted by Gasteiger charge is -2.17. The van der Waals surface area contributed by atoms with Crippen LogP contribution in [0.25, 0.3) is 0 Å². The Morgan fingerprint density at radius 3 is 2.62 bits per heavy atom. The van der Waals surface area contributed by atoms with E-state index in [0.717, 1.165) is 37.2 Å². The van der Waals surface area contributed by atoms with Crippen LogP contribution >= 0.6 is 23.2 Å². The van der Waals surface area contributed by atoms with E-state index in [-0.39, 0.29) is 11.9 Å². The van der Waals surface area contributed by atoms with Crippen LogP contribution in [0, 0.1) is 0 Å². The average Bonchev–Trinajstić information content (AvgIpc) is 3.02. The Bertz CT molecular complexity index is 765. The minimum absolute atomic E-state index is 0.0297. The molecule has 4 nitrogen and oxygen atoms in total. The predicted molar refractivity (Wildman–Crippen MR) is 105 cm³/mol. The highest BCUT2D eigenvalue weighted by Gasteiger charge is 2.23. The zero-order valence-electron chi connectivity index (χ0n) is 14.7. The van der Waals surface area contributed by atoms with Crippen molar-refractivity contribution in [1.82, 2.24) is 10.2 Å². The van der Waals surface area contributed by atoms with Crippen molar-refractivity contribution in [3.8, 4) is 5.75 Å². The number of nitrogens with zero attached hydrogens (tertiary/aromatic N) is 1. The van der Waals surface area contributed by atoms with Gasteiger partial charge in [0.05, 0.1) is 5.02 Å². The molecule has 0 saturated carbocycles. The number of nitrogens with one attached hydrogen (secondary N) is 1. The molecule has 0 aromatic heterocycles. The second-order valence-electron chi connectivity index (χ2n) is 6.60. The van der Waals surface area contributed by atoms with E-state index in [4.69, 9.17) is 27.9 Å². The van der Waals surface area contributed by atoms with Crippen LogP contribution in [0.15, 0.2) is 42.5 Å². The second-order valence-corrected chi connectivity index (χ2v) is 7.44. The van der Waals surface area contributed by atoms with E-state index in [1.54, 1.807) is 6.92 Å². The molecule has 1 unspecified atom stereocenters. The SMILES string of the molecule is CC(=O)NC1CCN(Cc2ccc(OCc3ccc(Cl)cc3)c(Cl)c2)C1. The quantitative estimate of drug-likeness (QED) is 0.797. The molecule has 1 aliphatic heterocycles. The molecular formula is C20H22Cl2N2O2. The Morgan fingerprint density at radius 1 is 1.19 bits per heavy atom. The van der Waals surface area contributed by atoms with E-state index in [0.29, 0.717) is 22.4 Å². The first-order valence-electron chi connectivity index (χ1n) is 8.65. The topological polar surface area (TPSA) is 41.6 Å². The van der Waals surface area contributed by atoms with Gasteiger partial charge in [0.15, 0.2) is 0 Å². The maximum atomic E-state index is 11.2. The number of ether oxygens (including phenoxy) is 1. The molecule has 0 radical (unpaired) electrons. The summed E-state index contributed by atoms with van der Waals surface area (Å²) in [6.45, 7) is 4.66. The van der Waals surface area contributed by atoms with Crippen LogP contribution in [-0.4, -0.2) is 29.9 Å². The van der Waals surface area contributed by atoms with Crippen molar-refractivity contribution < 1.29 is 9.53 Å². The summed E-state index contributed by atoms with van der Waals surface area (Å²) < 4.78 is 5.81. The summed E-state index contributed by atoms with van der Waals surface area (Å²) in [6.07, 6.45) is 0.982. The van der Waals surface area contributed by atoms with Gasteiger partial charge in [0.25, 0.3) is 0 Å². The van der Waals surface area contributed by atoms with Gasteiger partial charge in [-0.1, -0.05) is 41.4 Å². The third-order valence-corrected chi connectivity index (χ3v) is 4.94. The van der Waals surface area contributed by atoms with Gasteiger partial charge in [-0.15, -0.1) is 0 Å². The molecule has 6 heteroatoms. The first-order chi connectivity index (χ1) is 12.5. The van der Waals surface area contributed by atoms with E-state index in [1.165, 1.54) is 0 Å². The van der Waals surface area contributed by atoms with E-state index < -0.39 is 0 Å². The van der Waals surface area contributed by atoms with E-state index in [9.17, 15) is 4.79 Å². The van der Waals surface area contributed by atoms with Gasteiger partial charge in [-0.3, -0.25) is 9.69 Å². The van der Waals surface area contributed by atoms with Crippen molar-refractivity contribution in [3.63, 3.8) is 0 Å². The third-order valence-electron chi connectivity index (χ3n) is 4.39. The summed E-state index contributed by atoms with van der Waals surface area (Å²) in [7, 11) is 0. The highest BCUT2D eigenvalue weighted by molar-refractivity contribution is 6.32. The summed E-state index contributed by atoms with van der Waals surface area (Å²) in [6, 6.07) is 13.7. The monoisotopic (exact) mass is 392 g/mol. The number of rotatable bonds is 6. The van der Waals surface area contributed by atoms with Crippen molar-refractivity contribution in [2.45, 2.75) is 32.5 Å². The minimum Gasteiger partial charge on any atom is -0.487 e. The number of likely N-dealkylation sites (tertiary alicyclic amines) is 1. The van der Waals surface area contributed by atoms with Gasteiger partial charge in [-0.25, -0.2) is 0 Å². The van der Waals surface area contributed by atoms with E-state index >= 15 is 0 Å². The molecule has 0 aliphatic carbocycles.